The zero-order valence-corrected chi connectivity index (χ0v) is 21.6. The fourth-order valence-corrected chi connectivity index (χ4v) is 5.17. The number of ether oxygens (including phenoxy) is 1. The number of aromatic nitrogens is 4. The highest BCUT2D eigenvalue weighted by atomic mass is 19.1. The summed E-state index contributed by atoms with van der Waals surface area (Å²) >= 11 is 0. The molecule has 202 valence electrons. The average Bonchev–Trinajstić information content (AvgIpc) is 3.57. The minimum atomic E-state index is -0.481. The fraction of sp³-hybridized carbons (Fsp3) is 0.481. The molecule has 0 aliphatic carbocycles. The van der Waals surface area contributed by atoms with E-state index in [4.69, 9.17) is 15.0 Å². The first-order valence-corrected chi connectivity index (χ1v) is 13.0. The van der Waals surface area contributed by atoms with Crippen LogP contribution in [0.3, 0.4) is 0 Å². The number of rotatable bonds is 8. The van der Waals surface area contributed by atoms with Crippen LogP contribution in [0.1, 0.15) is 49.9 Å². The van der Waals surface area contributed by atoms with Crippen LogP contribution in [0.15, 0.2) is 47.5 Å². The van der Waals surface area contributed by atoms with Gasteiger partial charge >= 0.3 is 6.01 Å². The van der Waals surface area contributed by atoms with Crippen LogP contribution in [-0.2, 0) is 0 Å². The summed E-state index contributed by atoms with van der Waals surface area (Å²) in [5, 5.41) is 12.6. The number of nitrogens with two attached hydrogens (primary N) is 1. The molecule has 0 spiro atoms. The number of piperidine rings is 1. The summed E-state index contributed by atoms with van der Waals surface area (Å²) < 4.78 is 39.6. The molecule has 2 aromatic heterocycles. The van der Waals surface area contributed by atoms with Crippen molar-refractivity contribution in [2.24, 2.45) is 11.7 Å². The number of hydrogen-bond donors (Lipinski definition) is 1. The van der Waals surface area contributed by atoms with Crippen LogP contribution in [0.2, 0.25) is 0 Å². The topological polar surface area (TPSA) is 106 Å². The van der Waals surface area contributed by atoms with Crippen molar-refractivity contribution in [3.63, 3.8) is 0 Å². The lowest BCUT2D eigenvalue weighted by molar-refractivity contribution is 0.149. The molecular formula is C27H33F2N7O2. The van der Waals surface area contributed by atoms with Crippen molar-refractivity contribution < 1.29 is 18.0 Å². The molecular weight excluding hydrogens is 492 g/mol. The van der Waals surface area contributed by atoms with Crippen molar-refractivity contribution in [1.29, 1.82) is 0 Å². The highest BCUT2D eigenvalue weighted by molar-refractivity contribution is 5.43. The largest absolute Gasteiger partial charge is 0.469 e. The number of anilines is 2. The van der Waals surface area contributed by atoms with Crippen LogP contribution >= 0.6 is 0 Å². The van der Waals surface area contributed by atoms with Gasteiger partial charge in [0, 0.05) is 56.0 Å². The first kappa shape index (κ1) is 26.0. The van der Waals surface area contributed by atoms with Crippen LogP contribution in [0.5, 0.6) is 5.88 Å². The molecule has 9 nitrogen and oxygen atoms in total. The van der Waals surface area contributed by atoms with Gasteiger partial charge in [-0.05, 0) is 42.7 Å². The van der Waals surface area contributed by atoms with E-state index in [0.29, 0.717) is 36.6 Å². The molecule has 2 fully saturated rings. The van der Waals surface area contributed by atoms with E-state index in [-0.39, 0.29) is 35.5 Å². The van der Waals surface area contributed by atoms with Crippen molar-refractivity contribution in [3.05, 3.63) is 66.0 Å². The number of benzene rings is 1. The summed E-state index contributed by atoms with van der Waals surface area (Å²) in [7, 11) is 0. The minimum absolute atomic E-state index is 0.216. The molecule has 2 aliphatic heterocycles. The second-order valence-corrected chi connectivity index (χ2v) is 10.3. The molecule has 1 aromatic carbocycles. The molecule has 38 heavy (non-hydrogen) atoms. The van der Waals surface area contributed by atoms with Gasteiger partial charge in [0.05, 0.1) is 0 Å². The van der Waals surface area contributed by atoms with Crippen LogP contribution in [-0.4, -0.2) is 58.7 Å². The summed E-state index contributed by atoms with van der Waals surface area (Å²) in [6.45, 7) is 10.5. The predicted octanol–water partition coefficient (Wildman–Crippen LogP) is 4.04. The molecule has 0 unspecified atom stereocenters. The Morgan fingerprint density at radius 3 is 2.55 bits per heavy atom. The van der Waals surface area contributed by atoms with Gasteiger partial charge in [-0.2, -0.15) is 4.98 Å². The summed E-state index contributed by atoms with van der Waals surface area (Å²) in [6.07, 6.45) is 3.35. The number of nitrogens with zero attached hydrogens (tertiary/aromatic N) is 6. The molecule has 0 radical (unpaired) electrons. The van der Waals surface area contributed by atoms with Gasteiger partial charge in [-0.25, -0.2) is 8.78 Å². The molecule has 3 aromatic rings. The number of hydrogen-bond acceptors (Lipinski definition) is 9. The van der Waals surface area contributed by atoms with Gasteiger partial charge in [-0.15, -0.1) is 10.2 Å². The molecule has 3 atom stereocenters. The Balaban J connectivity index is 1.17. The Morgan fingerprint density at radius 1 is 1.11 bits per heavy atom. The maximum Gasteiger partial charge on any atom is 0.324 e. The van der Waals surface area contributed by atoms with Crippen molar-refractivity contribution >= 4 is 11.8 Å². The Hall–Kier alpha value is -3.60. The molecule has 0 amide bonds. The third-order valence-electron chi connectivity index (χ3n) is 7.38. The Labute approximate surface area is 220 Å². The summed E-state index contributed by atoms with van der Waals surface area (Å²) in [5.74, 6) is 0.916. The molecule has 2 aliphatic rings. The third kappa shape index (κ3) is 5.47. The molecule has 0 saturated carbocycles. The maximum atomic E-state index is 14.3. The second-order valence-electron chi connectivity index (χ2n) is 10.3. The van der Waals surface area contributed by atoms with Gasteiger partial charge in [0.2, 0.25) is 5.88 Å². The summed E-state index contributed by atoms with van der Waals surface area (Å²) in [5.41, 5.74) is 6.57. The SMILES string of the molecule is C=C[C@H](Oc1ccc(N2C[C@H](c3cc(F)ccc3F)[C@@H](N)C2)nn1)C1CCN(c2nc(C(C)C)no2)CC1. The fourth-order valence-electron chi connectivity index (χ4n) is 5.17. The van der Waals surface area contributed by atoms with Crippen LogP contribution in [0.4, 0.5) is 20.6 Å². The molecule has 2 N–H and O–H groups in total. The molecule has 0 bridgehead atoms. The van der Waals surface area contributed by atoms with Gasteiger partial charge in [-0.1, -0.05) is 31.7 Å². The van der Waals surface area contributed by atoms with Crippen molar-refractivity contribution in [2.75, 3.05) is 36.0 Å². The molecule has 11 heteroatoms. The van der Waals surface area contributed by atoms with E-state index in [0.717, 1.165) is 38.1 Å². The van der Waals surface area contributed by atoms with Gasteiger partial charge in [0.25, 0.3) is 0 Å². The predicted molar refractivity (Wildman–Crippen MR) is 139 cm³/mol. The van der Waals surface area contributed by atoms with E-state index in [9.17, 15) is 8.78 Å². The Kier molecular flexibility index (Phi) is 7.55. The highest BCUT2D eigenvalue weighted by Crippen LogP contribution is 2.32. The monoisotopic (exact) mass is 525 g/mol. The van der Waals surface area contributed by atoms with Gasteiger partial charge in [0.1, 0.15) is 17.7 Å². The Morgan fingerprint density at radius 2 is 1.89 bits per heavy atom. The zero-order valence-electron chi connectivity index (χ0n) is 21.6. The van der Waals surface area contributed by atoms with E-state index >= 15 is 0 Å². The zero-order chi connectivity index (χ0) is 26.8. The standard InChI is InChI=1S/C27H33F2N7O2/c1-4-23(17-9-11-35(12-10-17)27-31-26(16(2)3)34-38-27)37-25-8-7-24(32-33-25)36-14-20(22(30)15-36)19-13-18(28)5-6-21(19)29/h4-8,13,16-17,20,22-23H,1,9-12,14-15,30H2,2-3H3/t20-,22+,23+/m1/s1. The Bertz CT molecular complexity index is 1240. The smallest absolute Gasteiger partial charge is 0.324 e. The lowest BCUT2D eigenvalue weighted by Crippen LogP contribution is -2.39. The van der Waals surface area contributed by atoms with E-state index in [1.807, 2.05) is 24.8 Å². The summed E-state index contributed by atoms with van der Waals surface area (Å²) in [4.78, 5) is 8.53. The average molecular weight is 526 g/mol. The van der Waals surface area contributed by atoms with E-state index in [1.165, 1.54) is 6.07 Å². The maximum absolute atomic E-state index is 14.3. The van der Waals surface area contributed by atoms with E-state index in [2.05, 4.69) is 31.8 Å². The van der Waals surface area contributed by atoms with Gasteiger partial charge in [-0.3, -0.25) is 0 Å². The first-order valence-electron chi connectivity index (χ1n) is 13.0. The lowest BCUT2D eigenvalue weighted by atomic mass is 9.91. The highest BCUT2D eigenvalue weighted by Gasteiger charge is 2.34. The molecule has 5 rings (SSSR count). The van der Waals surface area contributed by atoms with Crippen LogP contribution < -0.4 is 20.3 Å². The van der Waals surface area contributed by atoms with Crippen molar-refractivity contribution in [3.8, 4) is 5.88 Å². The first-order chi connectivity index (χ1) is 18.3. The van der Waals surface area contributed by atoms with E-state index in [1.54, 1.807) is 12.1 Å². The second kappa shape index (κ2) is 11.0. The molecule has 2 saturated heterocycles. The van der Waals surface area contributed by atoms with Crippen LogP contribution in [0.25, 0.3) is 0 Å². The van der Waals surface area contributed by atoms with E-state index < -0.39 is 11.6 Å². The lowest BCUT2D eigenvalue weighted by Gasteiger charge is -2.33. The third-order valence-corrected chi connectivity index (χ3v) is 7.38. The number of halogens is 2. The minimum Gasteiger partial charge on any atom is -0.469 e. The van der Waals surface area contributed by atoms with Crippen molar-refractivity contribution in [1.82, 2.24) is 20.3 Å². The molecule has 4 heterocycles. The summed E-state index contributed by atoms with van der Waals surface area (Å²) in [6, 6.07) is 7.25. The normalized spacial score (nSPS) is 21.2. The van der Waals surface area contributed by atoms with Crippen molar-refractivity contribution in [2.45, 2.75) is 50.7 Å². The quantitative estimate of drug-likeness (QED) is 0.436. The van der Waals surface area contributed by atoms with Crippen LogP contribution in [0, 0.1) is 17.6 Å². The van der Waals surface area contributed by atoms with Gasteiger partial charge in [0.15, 0.2) is 11.6 Å². The van der Waals surface area contributed by atoms with Gasteiger partial charge < -0.3 is 24.8 Å².